The summed E-state index contributed by atoms with van der Waals surface area (Å²) in [5.41, 5.74) is 1.30. The van der Waals surface area contributed by atoms with Crippen LogP contribution >= 0.6 is 0 Å². The second-order valence-corrected chi connectivity index (χ2v) is 9.48. The summed E-state index contributed by atoms with van der Waals surface area (Å²) in [7, 11) is 0. The topological polar surface area (TPSA) is 86.0 Å². The predicted molar refractivity (Wildman–Crippen MR) is 119 cm³/mol. The molecular formula is C24H34N4O2. The maximum atomic E-state index is 13.0. The van der Waals surface area contributed by atoms with Crippen molar-refractivity contribution in [2.24, 2.45) is 0 Å². The fourth-order valence-electron chi connectivity index (χ4n) is 4.37. The molecule has 162 valence electrons. The zero-order valence-corrected chi connectivity index (χ0v) is 18.1. The minimum absolute atomic E-state index is 0.0266. The number of carbonyl (C=O) groups is 2. The molecule has 0 saturated heterocycles. The van der Waals surface area contributed by atoms with Gasteiger partial charge in [-0.2, -0.15) is 0 Å². The molecule has 1 aromatic carbocycles. The van der Waals surface area contributed by atoms with Crippen LogP contribution in [0.1, 0.15) is 64.4 Å². The monoisotopic (exact) mass is 410 g/mol. The molecule has 2 aromatic rings. The minimum Gasteiger partial charge on any atom is -0.361 e. The molecule has 0 radical (unpaired) electrons. The van der Waals surface area contributed by atoms with Gasteiger partial charge < -0.3 is 15.6 Å². The van der Waals surface area contributed by atoms with E-state index in [4.69, 9.17) is 0 Å². The number of aromatic nitrogens is 1. The second-order valence-electron chi connectivity index (χ2n) is 9.48. The van der Waals surface area contributed by atoms with Crippen molar-refractivity contribution in [3.8, 4) is 0 Å². The highest BCUT2D eigenvalue weighted by Crippen LogP contribution is 2.23. The third-order valence-electron chi connectivity index (χ3n) is 6.38. The molecule has 1 atom stereocenters. The molecular weight excluding hydrogens is 376 g/mol. The van der Waals surface area contributed by atoms with Crippen molar-refractivity contribution in [1.82, 2.24) is 20.9 Å². The Hall–Kier alpha value is -2.34. The van der Waals surface area contributed by atoms with E-state index in [2.05, 4.69) is 27.0 Å². The number of aromatic amines is 1. The Balaban J connectivity index is 1.48. The van der Waals surface area contributed by atoms with Crippen LogP contribution in [0.4, 0.5) is 0 Å². The van der Waals surface area contributed by atoms with Crippen molar-refractivity contribution in [2.45, 2.75) is 88.9 Å². The maximum Gasteiger partial charge on any atom is 0.239 e. The van der Waals surface area contributed by atoms with Crippen LogP contribution in [-0.2, 0) is 16.0 Å². The lowest BCUT2D eigenvalue weighted by molar-refractivity contribution is -0.129. The molecule has 2 amide bonds. The van der Waals surface area contributed by atoms with Gasteiger partial charge in [0.2, 0.25) is 11.8 Å². The minimum atomic E-state index is -0.838. The first kappa shape index (κ1) is 20.9. The first-order valence-electron chi connectivity index (χ1n) is 11.4. The van der Waals surface area contributed by atoms with Crippen molar-refractivity contribution < 1.29 is 9.59 Å². The maximum absolute atomic E-state index is 13.0. The Kier molecular flexibility index (Phi) is 6.14. The molecule has 2 aliphatic carbocycles. The molecule has 2 fully saturated rings. The normalized spacial score (nSPS) is 18.9. The van der Waals surface area contributed by atoms with Gasteiger partial charge >= 0.3 is 0 Å². The molecule has 4 N–H and O–H groups in total. The van der Waals surface area contributed by atoms with Gasteiger partial charge in [0.15, 0.2) is 0 Å². The summed E-state index contributed by atoms with van der Waals surface area (Å²) in [6, 6.07) is 8.16. The van der Waals surface area contributed by atoms with Gasteiger partial charge in [0.25, 0.3) is 0 Å². The van der Waals surface area contributed by atoms with Crippen LogP contribution in [-0.4, -0.2) is 40.5 Å². The standard InChI is InChI=1S/C24H34N4O2/c1-24(2,23(30)27-17-8-4-3-5-9-17)28-21(22(29)26-18-12-13-18)14-16-15-25-20-11-7-6-10-19(16)20/h6-7,10-11,15,17-18,21,25,28H,3-5,8-9,12-14H2,1-2H3,(H,26,29)(H,27,30)/t21-/m0/s1. The average molecular weight is 411 g/mol. The number of hydrogen-bond acceptors (Lipinski definition) is 3. The molecule has 0 spiro atoms. The Labute approximate surface area is 178 Å². The third-order valence-corrected chi connectivity index (χ3v) is 6.38. The van der Waals surface area contributed by atoms with Gasteiger partial charge in [0.05, 0.1) is 11.6 Å². The van der Waals surface area contributed by atoms with E-state index in [0.29, 0.717) is 6.42 Å². The largest absolute Gasteiger partial charge is 0.361 e. The Morgan fingerprint density at radius 3 is 2.47 bits per heavy atom. The molecule has 1 heterocycles. The zero-order valence-electron chi connectivity index (χ0n) is 18.1. The number of para-hydroxylation sites is 1. The number of hydrogen-bond donors (Lipinski definition) is 4. The van der Waals surface area contributed by atoms with Crippen molar-refractivity contribution in [3.05, 3.63) is 36.0 Å². The molecule has 0 aliphatic heterocycles. The molecule has 2 aliphatic rings. The van der Waals surface area contributed by atoms with Crippen LogP contribution in [0.3, 0.4) is 0 Å². The fourth-order valence-corrected chi connectivity index (χ4v) is 4.37. The first-order valence-corrected chi connectivity index (χ1v) is 11.4. The van der Waals surface area contributed by atoms with Crippen LogP contribution in [0.15, 0.2) is 30.5 Å². The highest BCUT2D eigenvalue weighted by Gasteiger charge is 2.36. The lowest BCUT2D eigenvalue weighted by atomic mass is 9.93. The summed E-state index contributed by atoms with van der Waals surface area (Å²) in [4.78, 5) is 29.3. The van der Waals surface area contributed by atoms with E-state index in [0.717, 1.165) is 42.1 Å². The fraction of sp³-hybridized carbons (Fsp3) is 0.583. The summed E-state index contributed by atoms with van der Waals surface area (Å²) in [5, 5.41) is 10.8. The molecule has 1 aromatic heterocycles. The SMILES string of the molecule is CC(C)(N[C@@H](Cc1c[nH]c2ccccc12)C(=O)NC1CC1)C(=O)NC1CCCCC1. The summed E-state index contributed by atoms with van der Waals surface area (Å²) < 4.78 is 0. The quantitative estimate of drug-likeness (QED) is 0.539. The number of benzene rings is 1. The van der Waals surface area contributed by atoms with Gasteiger partial charge in [-0.15, -0.1) is 0 Å². The lowest BCUT2D eigenvalue weighted by Gasteiger charge is -2.33. The van der Waals surface area contributed by atoms with Crippen LogP contribution in [0.2, 0.25) is 0 Å². The van der Waals surface area contributed by atoms with Gasteiger partial charge in [-0.1, -0.05) is 37.5 Å². The summed E-state index contributed by atoms with van der Waals surface area (Å²) >= 11 is 0. The van der Waals surface area contributed by atoms with Crippen molar-refractivity contribution in [3.63, 3.8) is 0 Å². The van der Waals surface area contributed by atoms with Crippen molar-refractivity contribution >= 4 is 22.7 Å². The second kappa shape index (κ2) is 8.80. The zero-order chi connectivity index (χ0) is 21.1. The lowest BCUT2D eigenvalue weighted by Crippen LogP contribution is -2.61. The van der Waals surface area contributed by atoms with Gasteiger partial charge in [-0.25, -0.2) is 0 Å². The van der Waals surface area contributed by atoms with E-state index >= 15 is 0 Å². The average Bonchev–Trinajstić information content (AvgIpc) is 3.46. The molecule has 0 unspecified atom stereocenters. The summed E-state index contributed by atoms with van der Waals surface area (Å²) in [6.45, 7) is 3.75. The molecule has 30 heavy (non-hydrogen) atoms. The number of amides is 2. The van der Waals surface area contributed by atoms with E-state index in [-0.39, 0.29) is 23.9 Å². The molecule has 2 saturated carbocycles. The Bertz CT molecular complexity index is 893. The predicted octanol–water partition coefficient (Wildman–Crippen LogP) is 3.17. The van der Waals surface area contributed by atoms with Crippen LogP contribution < -0.4 is 16.0 Å². The number of H-pyrrole nitrogens is 1. The van der Waals surface area contributed by atoms with E-state index in [1.54, 1.807) is 0 Å². The van der Waals surface area contributed by atoms with Crippen LogP contribution in [0, 0.1) is 0 Å². The number of fused-ring (bicyclic) bond motifs is 1. The van der Waals surface area contributed by atoms with Crippen LogP contribution in [0.25, 0.3) is 10.9 Å². The Morgan fingerprint density at radius 1 is 1.03 bits per heavy atom. The Morgan fingerprint density at radius 2 is 1.73 bits per heavy atom. The highest BCUT2D eigenvalue weighted by molar-refractivity contribution is 5.89. The van der Waals surface area contributed by atoms with E-state index in [9.17, 15) is 9.59 Å². The summed E-state index contributed by atoms with van der Waals surface area (Å²) in [6.07, 6.45) is 10.3. The van der Waals surface area contributed by atoms with Crippen LogP contribution in [0.5, 0.6) is 0 Å². The molecule has 4 rings (SSSR count). The smallest absolute Gasteiger partial charge is 0.239 e. The number of carbonyl (C=O) groups excluding carboxylic acids is 2. The first-order chi connectivity index (χ1) is 14.4. The van der Waals surface area contributed by atoms with Crippen molar-refractivity contribution in [1.29, 1.82) is 0 Å². The van der Waals surface area contributed by atoms with Gasteiger partial charge in [0.1, 0.15) is 0 Å². The highest BCUT2D eigenvalue weighted by atomic mass is 16.2. The van der Waals surface area contributed by atoms with Gasteiger partial charge in [0, 0.05) is 29.2 Å². The van der Waals surface area contributed by atoms with Gasteiger partial charge in [-0.05, 0) is 57.6 Å². The third kappa shape index (κ3) is 5.04. The molecule has 6 nitrogen and oxygen atoms in total. The summed E-state index contributed by atoms with van der Waals surface area (Å²) in [5.74, 6) is -0.0566. The van der Waals surface area contributed by atoms with E-state index < -0.39 is 11.6 Å². The van der Waals surface area contributed by atoms with Crippen molar-refractivity contribution in [2.75, 3.05) is 0 Å². The molecule has 0 bridgehead atoms. The van der Waals surface area contributed by atoms with Gasteiger partial charge in [-0.3, -0.25) is 14.9 Å². The molecule has 6 heteroatoms. The number of nitrogens with one attached hydrogen (secondary N) is 4. The number of rotatable bonds is 8. The van der Waals surface area contributed by atoms with E-state index in [1.807, 2.05) is 38.2 Å². The van der Waals surface area contributed by atoms with E-state index in [1.165, 1.54) is 19.3 Å².